The van der Waals surface area contributed by atoms with Crippen molar-refractivity contribution in [2.75, 3.05) is 47.5 Å². The van der Waals surface area contributed by atoms with Gasteiger partial charge in [0.1, 0.15) is 0 Å². The molecule has 0 N–H and O–H groups in total. The maximum Gasteiger partial charge on any atom is 0.185 e. The molecule has 25 heavy (non-hydrogen) atoms. The van der Waals surface area contributed by atoms with Crippen LogP contribution in [0.4, 0.5) is 10.8 Å². The molecular formula is C18H23N3O2S2. The number of anilines is 2. The lowest BCUT2D eigenvalue weighted by Gasteiger charge is -2.28. The van der Waals surface area contributed by atoms with E-state index in [4.69, 9.17) is 0 Å². The number of thiazole rings is 1. The highest BCUT2D eigenvalue weighted by molar-refractivity contribution is 7.91. The van der Waals surface area contributed by atoms with E-state index in [-0.39, 0.29) is 11.5 Å². The van der Waals surface area contributed by atoms with Crippen LogP contribution in [-0.2, 0) is 9.84 Å². The fourth-order valence-electron chi connectivity index (χ4n) is 3.44. The van der Waals surface area contributed by atoms with Crippen LogP contribution in [0.25, 0.3) is 10.4 Å². The highest BCUT2D eigenvalue weighted by atomic mass is 32.2. The monoisotopic (exact) mass is 377 g/mol. The van der Waals surface area contributed by atoms with Gasteiger partial charge < -0.3 is 9.80 Å². The van der Waals surface area contributed by atoms with Crippen molar-refractivity contribution in [2.45, 2.75) is 19.3 Å². The first-order chi connectivity index (χ1) is 12.1. The molecule has 0 saturated carbocycles. The van der Waals surface area contributed by atoms with Gasteiger partial charge in [-0.25, -0.2) is 13.4 Å². The van der Waals surface area contributed by atoms with E-state index in [1.165, 1.54) is 29.7 Å². The van der Waals surface area contributed by atoms with Crippen molar-refractivity contribution in [1.82, 2.24) is 4.98 Å². The summed E-state index contributed by atoms with van der Waals surface area (Å²) in [6.07, 6.45) is 5.81. The van der Waals surface area contributed by atoms with Crippen molar-refractivity contribution in [3.8, 4) is 10.4 Å². The molecule has 0 aliphatic carbocycles. The number of rotatable bonds is 3. The molecule has 4 rings (SSSR count). The zero-order valence-electron chi connectivity index (χ0n) is 14.2. The summed E-state index contributed by atoms with van der Waals surface area (Å²) in [5.41, 5.74) is 2.27. The van der Waals surface area contributed by atoms with Crippen molar-refractivity contribution in [3.05, 3.63) is 30.5 Å². The minimum atomic E-state index is -2.84. The summed E-state index contributed by atoms with van der Waals surface area (Å²) in [7, 11) is -2.84. The zero-order valence-corrected chi connectivity index (χ0v) is 15.9. The van der Waals surface area contributed by atoms with Crippen LogP contribution in [0.1, 0.15) is 19.3 Å². The van der Waals surface area contributed by atoms with Gasteiger partial charge in [-0.2, -0.15) is 0 Å². The molecule has 134 valence electrons. The molecule has 0 unspecified atom stereocenters. The van der Waals surface area contributed by atoms with E-state index in [2.05, 4.69) is 39.0 Å². The fourth-order valence-corrected chi connectivity index (χ4v) is 5.61. The summed E-state index contributed by atoms with van der Waals surface area (Å²) in [5.74, 6) is 0.506. The molecular weight excluding hydrogens is 354 g/mol. The van der Waals surface area contributed by atoms with E-state index >= 15 is 0 Å². The lowest BCUT2D eigenvalue weighted by atomic mass is 10.1. The van der Waals surface area contributed by atoms with Gasteiger partial charge in [-0.15, -0.1) is 0 Å². The largest absolute Gasteiger partial charge is 0.369 e. The SMILES string of the molecule is O=S1(=O)CCN(c2ccc(-c3cnc(N4CCCCC4)s3)cc2)CC1. The van der Waals surface area contributed by atoms with Crippen molar-refractivity contribution in [2.24, 2.45) is 0 Å². The average Bonchev–Trinajstić information content (AvgIpc) is 3.13. The van der Waals surface area contributed by atoms with Gasteiger partial charge in [0.05, 0.1) is 16.4 Å². The van der Waals surface area contributed by atoms with Gasteiger partial charge in [-0.1, -0.05) is 23.5 Å². The summed E-state index contributed by atoms with van der Waals surface area (Å²) < 4.78 is 23.1. The number of benzene rings is 1. The second-order valence-electron chi connectivity index (χ2n) is 6.74. The Balaban J connectivity index is 1.46. The van der Waals surface area contributed by atoms with E-state index in [1.54, 1.807) is 11.3 Å². The molecule has 0 spiro atoms. The quantitative estimate of drug-likeness (QED) is 0.823. The van der Waals surface area contributed by atoms with Crippen LogP contribution in [0, 0.1) is 0 Å². The Morgan fingerprint density at radius 2 is 1.56 bits per heavy atom. The molecule has 0 amide bonds. The van der Waals surface area contributed by atoms with E-state index in [1.807, 2.05) is 6.20 Å². The van der Waals surface area contributed by atoms with Crippen LogP contribution in [-0.4, -0.2) is 51.1 Å². The van der Waals surface area contributed by atoms with Crippen LogP contribution in [0.15, 0.2) is 30.5 Å². The molecule has 0 radical (unpaired) electrons. The molecule has 3 heterocycles. The standard InChI is InChI=1S/C18H23N3O2S2/c22-25(23)12-10-20(11-13-25)16-6-4-15(5-7-16)17-14-19-18(24-17)21-8-2-1-3-9-21/h4-7,14H,1-3,8-13H2. The highest BCUT2D eigenvalue weighted by Gasteiger charge is 2.21. The third kappa shape index (κ3) is 3.82. The average molecular weight is 378 g/mol. The number of sulfone groups is 1. The molecule has 5 nitrogen and oxygen atoms in total. The summed E-state index contributed by atoms with van der Waals surface area (Å²) >= 11 is 1.76. The van der Waals surface area contributed by atoms with E-state index in [9.17, 15) is 8.42 Å². The van der Waals surface area contributed by atoms with Gasteiger partial charge in [0.2, 0.25) is 0 Å². The lowest BCUT2D eigenvalue weighted by Crippen LogP contribution is -2.40. The zero-order chi connectivity index (χ0) is 17.3. The van der Waals surface area contributed by atoms with Crippen LogP contribution in [0.3, 0.4) is 0 Å². The summed E-state index contributed by atoms with van der Waals surface area (Å²) in [6.45, 7) is 3.40. The topological polar surface area (TPSA) is 53.5 Å². The third-order valence-corrected chi connectivity index (χ3v) is 7.70. The summed E-state index contributed by atoms with van der Waals surface area (Å²) in [6, 6.07) is 8.42. The Labute approximate surface area is 153 Å². The predicted molar refractivity (Wildman–Crippen MR) is 104 cm³/mol. The van der Waals surface area contributed by atoms with Gasteiger partial charge in [0.15, 0.2) is 15.0 Å². The molecule has 0 atom stereocenters. The molecule has 2 aliphatic rings. The molecule has 0 bridgehead atoms. The van der Waals surface area contributed by atoms with E-state index in [0.29, 0.717) is 13.1 Å². The van der Waals surface area contributed by atoms with Crippen molar-refractivity contribution < 1.29 is 8.42 Å². The van der Waals surface area contributed by atoms with E-state index < -0.39 is 9.84 Å². The number of hydrogen-bond acceptors (Lipinski definition) is 6. The Hall–Kier alpha value is -1.60. The fraction of sp³-hybridized carbons (Fsp3) is 0.500. The Morgan fingerprint density at radius 3 is 2.24 bits per heavy atom. The van der Waals surface area contributed by atoms with Crippen molar-refractivity contribution in [1.29, 1.82) is 0 Å². The van der Waals surface area contributed by atoms with Gasteiger partial charge >= 0.3 is 0 Å². The minimum Gasteiger partial charge on any atom is -0.369 e. The number of hydrogen-bond donors (Lipinski definition) is 0. The maximum absolute atomic E-state index is 11.6. The Kier molecular flexibility index (Phi) is 4.69. The first-order valence-corrected chi connectivity index (χ1v) is 11.5. The van der Waals surface area contributed by atoms with Crippen LogP contribution in [0.5, 0.6) is 0 Å². The number of nitrogens with zero attached hydrogens (tertiary/aromatic N) is 3. The van der Waals surface area contributed by atoms with Gasteiger partial charge in [-0.3, -0.25) is 0 Å². The second kappa shape index (κ2) is 6.96. The molecule has 2 saturated heterocycles. The predicted octanol–water partition coefficient (Wildman–Crippen LogP) is 3.04. The second-order valence-corrected chi connectivity index (χ2v) is 10.1. The van der Waals surface area contributed by atoms with E-state index in [0.717, 1.165) is 23.9 Å². The molecule has 2 aliphatic heterocycles. The molecule has 1 aromatic carbocycles. The van der Waals surface area contributed by atoms with Crippen LogP contribution < -0.4 is 9.80 Å². The van der Waals surface area contributed by atoms with Gasteiger partial charge in [-0.05, 0) is 37.0 Å². The molecule has 1 aromatic heterocycles. The summed E-state index contributed by atoms with van der Waals surface area (Å²) in [4.78, 5) is 10.3. The normalized spacial score (nSPS) is 20.6. The first kappa shape index (κ1) is 16.8. The first-order valence-electron chi connectivity index (χ1n) is 8.87. The smallest absolute Gasteiger partial charge is 0.185 e. The third-order valence-electron chi connectivity index (χ3n) is 4.98. The number of piperidine rings is 1. The van der Waals surface area contributed by atoms with Gasteiger partial charge in [0.25, 0.3) is 0 Å². The molecule has 2 aromatic rings. The summed E-state index contributed by atoms with van der Waals surface area (Å²) in [5, 5.41) is 1.13. The maximum atomic E-state index is 11.6. The van der Waals surface area contributed by atoms with Crippen LogP contribution in [0.2, 0.25) is 0 Å². The van der Waals surface area contributed by atoms with Crippen molar-refractivity contribution in [3.63, 3.8) is 0 Å². The highest BCUT2D eigenvalue weighted by Crippen LogP contribution is 2.33. The Bertz CT molecular complexity index is 810. The molecule has 7 heteroatoms. The van der Waals surface area contributed by atoms with Crippen molar-refractivity contribution >= 4 is 32.0 Å². The number of aromatic nitrogens is 1. The lowest BCUT2D eigenvalue weighted by molar-refractivity contribution is 0.577. The minimum absolute atomic E-state index is 0.253. The molecule has 2 fully saturated rings. The van der Waals surface area contributed by atoms with Crippen LogP contribution >= 0.6 is 11.3 Å². The van der Waals surface area contributed by atoms with Gasteiger partial charge in [0, 0.05) is 38.1 Å². The Morgan fingerprint density at radius 1 is 0.880 bits per heavy atom.